The molecule has 2 nitrogen and oxygen atoms in total. The fourth-order valence-electron chi connectivity index (χ4n) is 2.30. The minimum Gasteiger partial charge on any atom is -0.390 e. The summed E-state index contributed by atoms with van der Waals surface area (Å²) >= 11 is 0. The summed E-state index contributed by atoms with van der Waals surface area (Å²) in [7, 11) is 0. The van der Waals surface area contributed by atoms with Crippen LogP contribution in [0, 0.1) is 11.8 Å². The van der Waals surface area contributed by atoms with E-state index >= 15 is 0 Å². The third-order valence-corrected chi connectivity index (χ3v) is 3.36. The molecule has 1 fully saturated rings. The summed E-state index contributed by atoms with van der Waals surface area (Å²) in [5.74, 6) is 1.24. The van der Waals surface area contributed by atoms with Crippen LogP contribution >= 0.6 is 0 Å². The summed E-state index contributed by atoms with van der Waals surface area (Å²) in [6, 6.07) is 0.165. The summed E-state index contributed by atoms with van der Waals surface area (Å²) in [5, 5.41) is 10.0. The zero-order valence-electron chi connectivity index (χ0n) is 9.09. The molecule has 0 aromatic heterocycles. The molecule has 0 amide bonds. The van der Waals surface area contributed by atoms with Crippen LogP contribution < -0.4 is 5.73 Å². The normalized spacial score (nSPS) is 48.2. The average molecular weight is 185 g/mol. The smallest absolute Gasteiger partial charge is 0.0634 e. The average Bonchev–Trinajstić information content (AvgIpc) is 1.99. The lowest BCUT2D eigenvalue weighted by Gasteiger charge is -2.34. The lowest BCUT2D eigenvalue weighted by atomic mass is 9.78. The van der Waals surface area contributed by atoms with Crippen LogP contribution in [-0.4, -0.2) is 16.7 Å². The van der Waals surface area contributed by atoms with Crippen LogP contribution in [0.5, 0.6) is 0 Å². The molecule has 78 valence electrons. The van der Waals surface area contributed by atoms with E-state index in [1.54, 1.807) is 0 Å². The number of aliphatic hydroxyl groups is 1. The first-order valence-corrected chi connectivity index (χ1v) is 5.39. The molecule has 0 heterocycles. The third kappa shape index (κ3) is 3.28. The van der Waals surface area contributed by atoms with Gasteiger partial charge >= 0.3 is 0 Å². The van der Waals surface area contributed by atoms with Crippen LogP contribution in [0.25, 0.3) is 0 Å². The molecule has 0 spiro atoms. The van der Waals surface area contributed by atoms with Crippen molar-refractivity contribution in [3.63, 3.8) is 0 Å². The van der Waals surface area contributed by atoms with E-state index in [1.165, 1.54) is 6.42 Å². The van der Waals surface area contributed by atoms with Gasteiger partial charge in [-0.1, -0.05) is 13.8 Å². The Morgan fingerprint density at radius 3 is 2.62 bits per heavy atom. The molecule has 0 aromatic carbocycles. The molecule has 4 unspecified atom stereocenters. The van der Waals surface area contributed by atoms with Crippen molar-refractivity contribution in [2.24, 2.45) is 17.6 Å². The molecule has 2 heteroatoms. The SMILES string of the molecule is CC1CCC(C)(O)CC(N)C(C)C1. The number of hydrogen-bond donors (Lipinski definition) is 2. The van der Waals surface area contributed by atoms with Gasteiger partial charge in [0.05, 0.1) is 5.60 Å². The molecule has 1 aliphatic rings. The largest absolute Gasteiger partial charge is 0.390 e. The summed E-state index contributed by atoms with van der Waals surface area (Å²) in [5.41, 5.74) is 5.49. The van der Waals surface area contributed by atoms with E-state index in [1.807, 2.05) is 6.92 Å². The zero-order valence-corrected chi connectivity index (χ0v) is 9.09. The van der Waals surface area contributed by atoms with E-state index in [4.69, 9.17) is 5.73 Å². The van der Waals surface area contributed by atoms with Gasteiger partial charge < -0.3 is 10.8 Å². The molecule has 0 saturated heterocycles. The topological polar surface area (TPSA) is 46.2 Å². The van der Waals surface area contributed by atoms with Crippen LogP contribution in [0.4, 0.5) is 0 Å². The predicted octanol–water partition coefficient (Wildman–Crippen LogP) is 1.91. The highest BCUT2D eigenvalue weighted by Gasteiger charge is 2.30. The number of nitrogens with two attached hydrogens (primary N) is 1. The van der Waals surface area contributed by atoms with Gasteiger partial charge in [0.15, 0.2) is 0 Å². The van der Waals surface area contributed by atoms with Crippen molar-refractivity contribution in [3.05, 3.63) is 0 Å². The second-order valence-corrected chi connectivity index (χ2v) is 5.22. The minimum atomic E-state index is -0.539. The molecule has 3 N–H and O–H groups in total. The van der Waals surface area contributed by atoms with Gasteiger partial charge in [-0.05, 0) is 44.4 Å². The van der Waals surface area contributed by atoms with E-state index < -0.39 is 5.60 Å². The standard InChI is InChI=1S/C11H23NO/c1-8-4-5-11(3,13)7-10(12)9(2)6-8/h8-10,13H,4-7,12H2,1-3H3. The Balaban J connectivity index is 2.61. The fourth-order valence-corrected chi connectivity index (χ4v) is 2.30. The molecule has 4 atom stereocenters. The summed E-state index contributed by atoms with van der Waals surface area (Å²) in [4.78, 5) is 0. The molecule has 1 aliphatic carbocycles. The van der Waals surface area contributed by atoms with Gasteiger partial charge in [0.25, 0.3) is 0 Å². The van der Waals surface area contributed by atoms with Crippen molar-refractivity contribution in [1.82, 2.24) is 0 Å². The molecule has 1 rings (SSSR count). The van der Waals surface area contributed by atoms with E-state index in [0.717, 1.165) is 19.3 Å². The Morgan fingerprint density at radius 1 is 1.38 bits per heavy atom. The first kappa shape index (κ1) is 11.0. The van der Waals surface area contributed by atoms with E-state index in [2.05, 4.69) is 13.8 Å². The van der Waals surface area contributed by atoms with Crippen LogP contribution in [0.2, 0.25) is 0 Å². The summed E-state index contributed by atoms with van der Waals surface area (Å²) in [6.45, 7) is 6.37. The highest BCUT2D eigenvalue weighted by atomic mass is 16.3. The van der Waals surface area contributed by atoms with Crippen molar-refractivity contribution in [1.29, 1.82) is 0 Å². The zero-order chi connectivity index (χ0) is 10.1. The van der Waals surface area contributed by atoms with Gasteiger partial charge in [0, 0.05) is 6.04 Å². The molecule has 13 heavy (non-hydrogen) atoms. The molecule has 0 radical (unpaired) electrons. The predicted molar refractivity (Wildman–Crippen MR) is 55.4 cm³/mol. The van der Waals surface area contributed by atoms with E-state index in [-0.39, 0.29) is 6.04 Å². The molecule has 1 saturated carbocycles. The Morgan fingerprint density at radius 2 is 2.00 bits per heavy atom. The van der Waals surface area contributed by atoms with Gasteiger partial charge in [-0.3, -0.25) is 0 Å². The van der Waals surface area contributed by atoms with Crippen molar-refractivity contribution in [3.8, 4) is 0 Å². The van der Waals surface area contributed by atoms with Crippen LogP contribution in [0.1, 0.15) is 46.5 Å². The maximum absolute atomic E-state index is 10.0. The highest BCUT2D eigenvalue weighted by molar-refractivity contribution is 4.85. The maximum Gasteiger partial charge on any atom is 0.0634 e. The summed E-state index contributed by atoms with van der Waals surface area (Å²) < 4.78 is 0. The molecule has 0 aromatic rings. The lowest BCUT2D eigenvalue weighted by Crippen LogP contribution is -2.40. The molecular weight excluding hydrogens is 162 g/mol. The van der Waals surface area contributed by atoms with Gasteiger partial charge in [-0.25, -0.2) is 0 Å². The first-order valence-electron chi connectivity index (χ1n) is 5.39. The Hall–Kier alpha value is -0.0800. The van der Waals surface area contributed by atoms with E-state index in [0.29, 0.717) is 11.8 Å². The van der Waals surface area contributed by atoms with E-state index in [9.17, 15) is 5.11 Å². The summed E-state index contributed by atoms with van der Waals surface area (Å²) in [6.07, 6.45) is 3.98. The maximum atomic E-state index is 10.0. The minimum absolute atomic E-state index is 0.165. The van der Waals surface area contributed by atoms with Gasteiger partial charge in [-0.15, -0.1) is 0 Å². The first-order chi connectivity index (χ1) is 5.91. The Labute approximate surface area is 81.5 Å². The Bertz CT molecular complexity index is 167. The van der Waals surface area contributed by atoms with Crippen molar-refractivity contribution >= 4 is 0 Å². The number of rotatable bonds is 0. The highest BCUT2D eigenvalue weighted by Crippen LogP contribution is 2.30. The monoisotopic (exact) mass is 185 g/mol. The third-order valence-electron chi connectivity index (χ3n) is 3.36. The second-order valence-electron chi connectivity index (χ2n) is 5.22. The molecule has 0 bridgehead atoms. The van der Waals surface area contributed by atoms with Gasteiger partial charge in [-0.2, -0.15) is 0 Å². The number of hydrogen-bond acceptors (Lipinski definition) is 2. The van der Waals surface area contributed by atoms with Crippen molar-refractivity contribution in [2.45, 2.75) is 58.1 Å². The Kier molecular flexibility index (Phi) is 3.36. The van der Waals surface area contributed by atoms with Crippen LogP contribution in [0.15, 0.2) is 0 Å². The lowest BCUT2D eigenvalue weighted by molar-refractivity contribution is 0.0141. The molecular formula is C11H23NO. The van der Waals surface area contributed by atoms with Crippen LogP contribution in [-0.2, 0) is 0 Å². The van der Waals surface area contributed by atoms with Crippen LogP contribution in [0.3, 0.4) is 0 Å². The van der Waals surface area contributed by atoms with Crippen molar-refractivity contribution in [2.75, 3.05) is 0 Å². The van der Waals surface area contributed by atoms with Gasteiger partial charge in [0.2, 0.25) is 0 Å². The molecule has 0 aliphatic heterocycles. The van der Waals surface area contributed by atoms with Crippen molar-refractivity contribution < 1.29 is 5.11 Å². The second kappa shape index (κ2) is 3.97. The van der Waals surface area contributed by atoms with Gasteiger partial charge in [0.1, 0.15) is 0 Å². The quantitative estimate of drug-likeness (QED) is 0.605. The fraction of sp³-hybridized carbons (Fsp3) is 1.00.